The molecule has 0 unspecified atom stereocenters. The van der Waals surface area contributed by atoms with Gasteiger partial charge in [-0.15, -0.1) is 0 Å². The molecule has 1 nitrogen and oxygen atoms in total. The summed E-state index contributed by atoms with van der Waals surface area (Å²) in [6.45, 7) is 0. The van der Waals surface area contributed by atoms with Crippen molar-refractivity contribution in [2.24, 2.45) is 0 Å². The lowest BCUT2D eigenvalue weighted by atomic mass is 9.99. The van der Waals surface area contributed by atoms with Crippen LogP contribution in [-0.4, -0.2) is 10.7 Å². The summed E-state index contributed by atoms with van der Waals surface area (Å²) >= 11 is 0. The molecule has 0 radical (unpaired) electrons. The van der Waals surface area contributed by atoms with Crippen LogP contribution in [0, 0.1) is 5.82 Å². The summed E-state index contributed by atoms with van der Waals surface area (Å²) in [4.78, 5) is 0. The van der Waals surface area contributed by atoms with Crippen molar-refractivity contribution in [1.82, 2.24) is 0 Å². The molecule has 1 aliphatic rings. The maximum atomic E-state index is 12.9. The minimum Gasteiger partial charge on any atom is -0.390 e. The van der Waals surface area contributed by atoms with E-state index in [1.54, 1.807) is 0 Å². The van der Waals surface area contributed by atoms with Crippen molar-refractivity contribution in [2.45, 2.75) is 37.5 Å². The number of benzene rings is 1. The van der Waals surface area contributed by atoms with Gasteiger partial charge < -0.3 is 5.11 Å². The van der Waals surface area contributed by atoms with E-state index in [0.717, 1.165) is 18.2 Å². The molecule has 0 amide bonds. The van der Waals surface area contributed by atoms with Gasteiger partial charge in [-0.3, -0.25) is 0 Å². The molecule has 1 aliphatic carbocycles. The molecule has 1 fully saturated rings. The van der Waals surface area contributed by atoms with Gasteiger partial charge in [0.15, 0.2) is 0 Å². The second-order valence-electron chi connectivity index (χ2n) is 4.52. The summed E-state index contributed by atoms with van der Waals surface area (Å²) in [7, 11) is 0. The summed E-state index contributed by atoms with van der Waals surface area (Å²) in [5, 5.41) is 9.58. The number of hydrogen-bond acceptors (Lipinski definition) is 1. The van der Waals surface area contributed by atoms with Crippen molar-refractivity contribution in [3.8, 4) is 0 Å². The monoisotopic (exact) mass is 248 g/mol. The molecule has 0 aromatic heterocycles. The van der Waals surface area contributed by atoms with Crippen molar-refractivity contribution in [1.29, 1.82) is 0 Å². The fraction of sp³-hybridized carbons (Fsp3) is 0.500. The normalized spacial score (nSPS) is 18.2. The Morgan fingerprint density at radius 2 is 1.88 bits per heavy atom. The molecule has 94 valence electrons. The number of halogens is 4. The van der Waals surface area contributed by atoms with Crippen LogP contribution in [0.5, 0.6) is 0 Å². The van der Waals surface area contributed by atoms with Crippen LogP contribution in [0.4, 0.5) is 17.6 Å². The predicted octanol–water partition coefficient (Wildman–Crippen LogP) is 3.30. The first-order valence-corrected chi connectivity index (χ1v) is 5.38. The number of hydrogen-bond donors (Lipinski definition) is 1. The number of aliphatic hydroxyl groups is 1. The lowest BCUT2D eigenvalue weighted by Gasteiger charge is -2.14. The molecule has 1 saturated carbocycles. The summed E-state index contributed by atoms with van der Waals surface area (Å²) < 4.78 is 50.8. The molecule has 5 heteroatoms. The standard InChI is InChI=1S/C12H12F4O/c13-9-1-2-10(12(14,15)16)8(7-9)3-4-11(17)5-6-11/h1-2,7,17H,3-6H2. The summed E-state index contributed by atoms with van der Waals surface area (Å²) in [6.07, 6.45) is -2.95. The Bertz CT molecular complexity index is 421. The van der Waals surface area contributed by atoms with E-state index in [9.17, 15) is 22.7 Å². The third-order valence-electron chi connectivity index (χ3n) is 3.06. The van der Waals surface area contributed by atoms with Gasteiger partial charge in [-0.1, -0.05) is 0 Å². The van der Waals surface area contributed by atoms with Crippen molar-refractivity contribution >= 4 is 0 Å². The SMILES string of the molecule is OC1(CCc2cc(F)ccc2C(F)(F)F)CC1. The zero-order valence-electron chi connectivity index (χ0n) is 9.02. The topological polar surface area (TPSA) is 20.2 Å². The quantitative estimate of drug-likeness (QED) is 0.814. The Balaban J connectivity index is 2.20. The van der Waals surface area contributed by atoms with Gasteiger partial charge in [-0.05, 0) is 49.4 Å². The van der Waals surface area contributed by atoms with Crippen LogP contribution in [0.25, 0.3) is 0 Å². The van der Waals surface area contributed by atoms with E-state index in [0.29, 0.717) is 12.8 Å². The molecule has 2 rings (SSSR count). The van der Waals surface area contributed by atoms with Gasteiger partial charge in [-0.2, -0.15) is 13.2 Å². The van der Waals surface area contributed by atoms with Gasteiger partial charge in [0, 0.05) is 0 Å². The van der Waals surface area contributed by atoms with Crippen LogP contribution in [0.15, 0.2) is 18.2 Å². The average molecular weight is 248 g/mol. The Morgan fingerprint density at radius 1 is 1.24 bits per heavy atom. The van der Waals surface area contributed by atoms with E-state index >= 15 is 0 Å². The van der Waals surface area contributed by atoms with Gasteiger partial charge in [0.2, 0.25) is 0 Å². The van der Waals surface area contributed by atoms with Crippen LogP contribution in [0.2, 0.25) is 0 Å². The molecule has 17 heavy (non-hydrogen) atoms. The van der Waals surface area contributed by atoms with Crippen LogP contribution in [0.1, 0.15) is 30.4 Å². The van der Waals surface area contributed by atoms with Crippen molar-refractivity contribution < 1.29 is 22.7 Å². The van der Waals surface area contributed by atoms with E-state index in [1.807, 2.05) is 0 Å². The van der Waals surface area contributed by atoms with Gasteiger partial charge in [-0.25, -0.2) is 4.39 Å². The van der Waals surface area contributed by atoms with Gasteiger partial charge >= 0.3 is 6.18 Å². The van der Waals surface area contributed by atoms with Crippen molar-refractivity contribution in [3.63, 3.8) is 0 Å². The number of aryl methyl sites for hydroxylation is 1. The molecule has 0 atom stereocenters. The van der Waals surface area contributed by atoms with E-state index in [4.69, 9.17) is 0 Å². The minimum atomic E-state index is -4.48. The minimum absolute atomic E-state index is 0.0447. The van der Waals surface area contributed by atoms with Crippen LogP contribution < -0.4 is 0 Å². The Hall–Kier alpha value is -1.10. The van der Waals surface area contributed by atoms with Crippen LogP contribution in [0.3, 0.4) is 0 Å². The first kappa shape index (κ1) is 12.4. The first-order chi connectivity index (χ1) is 7.80. The second kappa shape index (κ2) is 3.98. The summed E-state index contributed by atoms with van der Waals surface area (Å²) in [6, 6.07) is 2.45. The maximum absolute atomic E-state index is 12.9. The summed E-state index contributed by atoms with van der Waals surface area (Å²) in [5.41, 5.74) is -1.73. The zero-order valence-corrected chi connectivity index (χ0v) is 9.02. The van der Waals surface area contributed by atoms with Crippen LogP contribution >= 0.6 is 0 Å². The molecular formula is C12H12F4O. The number of rotatable bonds is 3. The van der Waals surface area contributed by atoms with E-state index in [1.165, 1.54) is 0 Å². The van der Waals surface area contributed by atoms with Crippen molar-refractivity contribution in [3.05, 3.63) is 35.1 Å². The second-order valence-corrected chi connectivity index (χ2v) is 4.52. The third kappa shape index (κ3) is 2.97. The molecule has 0 saturated heterocycles. The molecule has 1 aromatic rings. The molecule has 0 heterocycles. The van der Waals surface area contributed by atoms with E-state index < -0.39 is 23.2 Å². The molecule has 0 bridgehead atoms. The highest BCUT2D eigenvalue weighted by atomic mass is 19.4. The van der Waals surface area contributed by atoms with Gasteiger partial charge in [0.25, 0.3) is 0 Å². The average Bonchev–Trinajstić information content (AvgIpc) is 2.93. The Morgan fingerprint density at radius 3 is 2.41 bits per heavy atom. The Labute approximate surface area is 96.1 Å². The largest absolute Gasteiger partial charge is 0.416 e. The maximum Gasteiger partial charge on any atom is 0.416 e. The first-order valence-electron chi connectivity index (χ1n) is 5.38. The fourth-order valence-corrected chi connectivity index (χ4v) is 1.81. The molecule has 1 aromatic carbocycles. The lowest BCUT2D eigenvalue weighted by molar-refractivity contribution is -0.138. The zero-order chi connectivity index (χ0) is 12.7. The highest BCUT2D eigenvalue weighted by Gasteiger charge is 2.40. The van der Waals surface area contributed by atoms with Crippen molar-refractivity contribution in [2.75, 3.05) is 0 Å². The van der Waals surface area contributed by atoms with E-state index in [-0.39, 0.29) is 18.4 Å². The number of alkyl halides is 3. The van der Waals surface area contributed by atoms with E-state index in [2.05, 4.69) is 0 Å². The fourth-order valence-electron chi connectivity index (χ4n) is 1.81. The molecule has 1 N–H and O–H groups in total. The molecular weight excluding hydrogens is 236 g/mol. The smallest absolute Gasteiger partial charge is 0.390 e. The third-order valence-corrected chi connectivity index (χ3v) is 3.06. The predicted molar refractivity (Wildman–Crippen MR) is 53.9 cm³/mol. The lowest BCUT2D eigenvalue weighted by Crippen LogP contribution is -2.13. The van der Waals surface area contributed by atoms with Gasteiger partial charge in [0.1, 0.15) is 5.82 Å². The van der Waals surface area contributed by atoms with Gasteiger partial charge in [0.05, 0.1) is 11.2 Å². The highest BCUT2D eigenvalue weighted by Crippen LogP contribution is 2.40. The highest BCUT2D eigenvalue weighted by molar-refractivity contribution is 5.31. The Kier molecular flexibility index (Phi) is 2.89. The van der Waals surface area contributed by atoms with Crippen LogP contribution in [-0.2, 0) is 12.6 Å². The molecule has 0 spiro atoms. The summed E-state index contributed by atoms with van der Waals surface area (Å²) in [5.74, 6) is -0.684. The molecule has 0 aliphatic heterocycles.